The van der Waals surface area contributed by atoms with Crippen LogP contribution in [0.15, 0.2) is 35.1 Å². The van der Waals surface area contributed by atoms with Crippen LogP contribution in [0.2, 0.25) is 0 Å². The molecule has 1 atom stereocenters. The summed E-state index contributed by atoms with van der Waals surface area (Å²) in [6.45, 7) is 5.48. The fourth-order valence-electron chi connectivity index (χ4n) is 2.19. The van der Waals surface area contributed by atoms with Gasteiger partial charge in [0, 0.05) is 18.4 Å². The zero-order chi connectivity index (χ0) is 15.2. The summed E-state index contributed by atoms with van der Waals surface area (Å²) in [4.78, 5) is 4.21. The van der Waals surface area contributed by atoms with E-state index in [9.17, 15) is 0 Å². The average Bonchev–Trinajstić information content (AvgIpc) is 2.87. The first-order chi connectivity index (χ1) is 10.1. The Balaban J connectivity index is 2.03. The van der Waals surface area contributed by atoms with Gasteiger partial charge in [-0.1, -0.05) is 19.1 Å². The van der Waals surface area contributed by atoms with E-state index in [0.717, 1.165) is 41.0 Å². The van der Waals surface area contributed by atoms with Gasteiger partial charge in [0.25, 0.3) is 0 Å². The molecule has 4 nitrogen and oxygen atoms in total. The van der Waals surface area contributed by atoms with Crippen molar-refractivity contribution in [2.24, 2.45) is 5.73 Å². The molecule has 5 heteroatoms. The Morgan fingerprint density at radius 1 is 1.43 bits per heavy atom. The highest BCUT2D eigenvalue weighted by Gasteiger charge is 2.11. The second kappa shape index (κ2) is 7.61. The van der Waals surface area contributed by atoms with Crippen molar-refractivity contribution in [1.29, 1.82) is 0 Å². The molecule has 0 bridgehead atoms. The fraction of sp³-hybridized carbons (Fsp3) is 0.438. The van der Waals surface area contributed by atoms with E-state index in [0.29, 0.717) is 6.61 Å². The van der Waals surface area contributed by atoms with Gasteiger partial charge in [-0.05, 0) is 47.3 Å². The van der Waals surface area contributed by atoms with Crippen LogP contribution >= 0.6 is 15.9 Å². The number of nitrogens with two attached hydrogens (primary N) is 1. The highest BCUT2D eigenvalue weighted by Crippen LogP contribution is 2.30. The maximum absolute atomic E-state index is 6.07. The molecule has 0 saturated carbocycles. The standard InChI is InChI=1S/C16H22BrN3O/c1-3-14(18)11-13-5-4-6-15(17)16(13)21-10-9-20-8-7-19-12(20)2/h4-8,14H,3,9-11,18H2,1-2H3. The zero-order valence-corrected chi connectivity index (χ0v) is 14.1. The summed E-state index contributed by atoms with van der Waals surface area (Å²) in [5.74, 6) is 1.90. The second-order valence-corrected chi connectivity index (χ2v) is 5.97. The predicted octanol–water partition coefficient (Wildman–Crippen LogP) is 3.31. The van der Waals surface area contributed by atoms with E-state index in [-0.39, 0.29) is 6.04 Å². The molecule has 114 valence electrons. The van der Waals surface area contributed by atoms with E-state index in [1.54, 1.807) is 6.20 Å². The minimum absolute atomic E-state index is 0.164. The molecule has 2 rings (SSSR count). The number of benzene rings is 1. The molecule has 21 heavy (non-hydrogen) atoms. The number of rotatable bonds is 7. The maximum Gasteiger partial charge on any atom is 0.136 e. The Kier molecular flexibility index (Phi) is 5.82. The predicted molar refractivity (Wildman–Crippen MR) is 88.6 cm³/mol. The minimum Gasteiger partial charge on any atom is -0.490 e. The topological polar surface area (TPSA) is 53.1 Å². The van der Waals surface area contributed by atoms with Gasteiger partial charge in [-0.15, -0.1) is 0 Å². The molecule has 1 aromatic heterocycles. The Bertz CT molecular complexity index is 583. The van der Waals surface area contributed by atoms with Gasteiger partial charge in [0.05, 0.1) is 11.0 Å². The first-order valence-electron chi connectivity index (χ1n) is 7.25. The Morgan fingerprint density at radius 3 is 2.90 bits per heavy atom. The number of ether oxygens (including phenoxy) is 1. The third-order valence-electron chi connectivity index (χ3n) is 3.56. The summed E-state index contributed by atoms with van der Waals surface area (Å²) in [6, 6.07) is 6.27. The van der Waals surface area contributed by atoms with Crippen molar-refractivity contribution >= 4 is 15.9 Å². The first kappa shape index (κ1) is 16.0. The van der Waals surface area contributed by atoms with Gasteiger partial charge in [0.2, 0.25) is 0 Å². The summed E-state index contributed by atoms with van der Waals surface area (Å²) in [5, 5.41) is 0. The van der Waals surface area contributed by atoms with Gasteiger partial charge in [0.1, 0.15) is 18.2 Å². The number of hydrogen-bond acceptors (Lipinski definition) is 3. The monoisotopic (exact) mass is 351 g/mol. The van der Waals surface area contributed by atoms with Crippen molar-refractivity contribution in [2.45, 2.75) is 39.3 Å². The summed E-state index contributed by atoms with van der Waals surface area (Å²) in [6.07, 6.45) is 5.56. The van der Waals surface area contributed by atoms with E-state index < -0.39 is 0 Å². The molecule has 2 aromatic rings. The Labute approximate surface area is 134 Å². The molecular weight excluding hydrogens is 330 g/mol. The quantitative estimate of drug-likeness (QED) is 0.832. The third kappa shape index (κ3) is 4.32. The van der Waals surface area contributed by atoms with E-state index >= 15 is 0 Å². The van der Waals surface area contributed by atoms with Crippen LogP contribution in [0.4, 0.5) is 0 Å². The first-order valence-corrected chi connectivity index (χ1v) is 8.04. The van der Waals surface area contributed by atoms with Crippen LogP contribution in [-0.4, -0.2) is 22.2 Å². The number of aryl methyl sites for hydroxylation is 1. The number of imidazole rings is 1. The number of nitrogens with zero attached hydrogens (tertiary/aromatic N) is 2. The Morgan fingerprint density at radius 2 is 2.24 bits per heavy atom. The maximum atomic E-state index is 6.07. The largest absolute Gasteiger partial charge is 0.490 e. The zero-order valence-electron chi connectivity index (χ0n) is 12.6. The lowest BCUT2D eigenvalue weighted by molar-refractivity contribution is 0.292. The molecule has 0 saturated heterocycles. The molecular formula is C16H22BrN3O. The lowest BCUT2D eigenvalue weighted by Gasteiger charge is -2.16. The van der Waals surface area contributed by atoms with Crippen LogP contribution in [0.5, 0.6) is 5.75 Å². The summed E-state index contributed by atoms with van der Waals surface area (Å²) < 4.78 is 9.05. The summed E-state index contributed by atoms with van der Waals surface area (Å²) in [7, 11) is 0. The van der Waals surface area contributed by atoms with E-state index in [1.165, 1.54) is 0 Å². The van der Waals surface area contributed by atoms with Crippen LogP contribution in [0.3, 0.4) is 0 Å². The van der Waals surface area contributed by atoms with Crippen LogP contribution in [0.1, 0.15) is 24.7 Å². The number of para-hydroxylation sites is 1. The smallest absolute Gasteiger partial charge is 0.136 e. The van der Waals surface area contributed by atoms with Gasteiger partial charge in [-0.3, -0.25) is 0 Å². The SMILES string of the molecule is CCC(N)Cc1cccc(Br)c1OCCn1ccnc1C. The number of hydrogen-bond donors (Lipinski definition) is 1. The number of halogens is 1. The average molecular weight is 352 g/mol. The Hall–Kier alpha value is -1.33. The van der Waals surface area contributed by atoms with E-state index in [1.807, 2.05) is 25.3 Å². The molecule has 0 spiro atoms. The second-order valence-electron chi connectivity index (χ2n) is 5.12. The van der Waals surface area contributed by atoms with Crippen molar-refractivity contribution < 1.29 is 4.74 Å². The van der Waals surface area contributed by atoms with E-state index in [2.05, 4.69) is 38.5 Å². The molecule has 0 aliphatic carbocycles. The van der Waals surface area contributed by atoms with Crippen LogP contribution in [-0.2, 0) is 13.0 Å². The number of aromatic nitrogens is 2. The molecule has 0 aliphatic heterocycles. The molecule has 0 aliphatic rings. The molecule has 2 N–H and O–H groups in total. The fourth-order valence-corrected chi connectivity index (χ4v) is 2.71. The molecule has 0 amide bonds. The normalized spacial score (nSPS) is 12.4. The van der Waals surface area contributed by atoms with Crippen molar-refractivity contribution in [1.82, 2.24) is 9.55 Å². The van der Waals surface area contributed by atoms with Crippen molar-refractivity contribution in [3.63, 3.8) is 0 Å². The van der Waals surface area contributed by atoms with Gasteiger partial charge >= 0.3 is 0 Å². The molecule has 0 radical (unpaired) electrons. The van der Waals surface area contributed by atoms with E-state index in [4.69, 9.17) is 10.5 Å². The lowest BCUT2D eigenvalue weighted by Crippen LogP contribution is -2.22. The lowest BCUT2D eigenvalue weighted by atomic mass is 10.0. The van der Waals surface area contributed by atoms with Gasteiger partial charge in [-0.2, -0.15) is 0 Å². The molecule has 1 heterocycles. The van der Waals surface area contributed by atoms with Crippen molar-refractivity contribution in [2.75, 3.05) is 6.61 Å². The summed E-state index contributed by atoms with van der Waals surface area (Å²) >= 11 is 3.57. The minimum atomic E-state index is 0.164. The van der Waals surface area contributed by atoms with Gasteiger partial charge in [-0.25, -0.2) is 4.98 Å². The van der Waals surface area contributed by atoms with Gasteiger partial charge in [0.15, 0.2) is 0 Å². The third-order valence-corrected chi connectivity index (χ3v) is 4.18. The molecule has 0 fully saturated rings. The highest BCUT2D eigenvalue weighted by molar-refractivity contribution is 9.10. The van der Waals surface area contributed by atoms with Crippen molar-refractivity contribution in [3.05, 3.63) is 46.5 Å². The highest BCUT2D eigenvalue weighted by atomic mass is 79.9. The summed E-state index contributed by atoms with van der Waals surface area (Å²) in [5.41, 5.74) is 7.22. The van der Waals surface area contributed by atoms with Crippen molar-refractivity contribution in [3.8, 4) is 5.75 Å². The molecule has 1 aromatic carbocycles. The van der Waals surface area contributed by atoms with Gasteiger partial charge < -0.3 is 15.0 Å². The van der Waals surface area contributed by atoms with Crippen LogP contribution in [0.25, 0.3) is 0 Å². The van der Waals surface area contributed by atoms with Crippen LogP contribution < -0.4 is 10.5 Å². The van der Waals surface area contributed by atoms with Crippen LogP contribution in [0, 0.1) is 6.92 Å². The molecule has 1 unspecified atom stereocenters.